The van der Waals surface area contributed by atoms with Gasteiger partial charge in [-0.25, -0.2) is 0 Å². The SMILES string of the molecule is CN1CCN(c2ccc(Cl)cc2NC(=O)C2CCN(C(=O)C3CC3)CC2)CC1. The number of benzene rings is 1. The lowest BCUT2D eigenvalue weighted by atomic mass is 9.95. The van der Waals surface area contributed by atoms with Gasteiger partial charge in [-0.1, -0.05) is 11.6 Å². The third-order valence-electron chi connectivity index (χ3n) is 6.16. The Hall–Kier alpha value is -1.79. The van der Waals surface area contributed by atoms with Crippen LogP contribution in [0.3, 0.4) is 0 Å². The number of anilines is 2. The molecule has 152 valence electrons. The van der Waals surface area contributed by atoms with Crippen LogP contribution in [-0.4, -0.2) is 67.9 Å². The minimum Gasteiger partial charge on any atom is -0.367 e. The standard InChI is InChI=1S/C21H29ClN4O2/c1-24-10-12-25(13-11-24)19-5-4-17(22)14-18(19)23-20(27)15-6-8-26(9-7-15)21(28)16-2-3-16/h4-5,14-16H,2-3,6-13H2,1H3,(H,23,27). The summed E-state index contributed by atoms with van der Waals surface area (Å²) >= 11 is 6.22. The van der Waals surface area contributed by atoms with E-state index in [2.05, 4.69) is 22.2 Å². The van der Waals surface area contributed by atoms with E-state index in [-0.39, 0.29) is 23.7 Å². The lowest BCUT2D eigenvalue weighted by molar-refractivity contribution is -0.135. The van der Waals surface area contributed by atoms with E-state index >= 15 is 0 Å². The van der Waals surface area contributed by atoms with Gasteiger partial charge in [0.2, 0.25) is 11.8 Å². The average molecular weight is 405 g/mol. The van der Waals surface area contributed by atoms with Crippen molar-refractivity contribution in [3.8, 4) is 0 Å². The summed E-state index contributed by atoms with van der Waals surface area (Å²) < 4.78 is 0. The van der Waals surface area contributed by atoms with Crippen LogP contribution in [-0.2, 0) is 9.59 Å². The summed E-state index contributed by atoms with van der Waals surface area (Å²) in [5.41, 5.74) is 1.82. The molecule has 1 aliphatic carbocycles. The maximum atomic E-state index is 12.9. The van der Waals surface area contributed by atoms with Crippen molar-refractivity contribution >= 4 is 34.8 Å². The first kappa shape index (κ1) is 19.5. The van der Waals surface area contributed by atoms with Gasteiger partial charge in [0.05, 0.1) is 11.4 Å². The van der Waals surface area contributed by atoms with Crippen molar-refractivity contribution in [1.82, 2.24) is 9.80 Å². The van der Waals surface area contributed by atoms with Gasteiger partial charge < -0.3 is 20.0 Å². The van der Waals surface area contributed by atoms with Crippen LogP contribution in [0.15, 0.2) is 18.2 Å². The van der Waals surface area contributed by atoms with Gasteiger partial charge in [-0.05, 0) is 50.9 Å². The van der Waals surface area contributed by atoms with Gasteiger partial charge in [-0.15, -0.1) is 0 Å². The third-order valence-corrected chi connectivity index (χ3v) is 6.40. The Bertz CT molecular complexity index is 736. The number of piperazine rings is 1. The molecule has 3 fully saturated rings. The zero-order valence-electron chi connectivity index (χ0n) is 16.5. The van der Waals surface area contributed by atoms with Crippen molar-refractivity contribution in [3.05, 3.63) is 23.2 Å². The first-order valence-electron chi connectivity index (χ1n) is 10.3. The first-order valence-corrected chi connectivity index (χ1v) is 10.7. The molecule has 3 aliphatic rings. The number of piperidine rings is 1. The second kappa shape index (κ2) is 8.29. The Labute approximate surface area is 171 Å². The molecule has 2 amide bonds. The van der Waals surface area contributed by atoms with E-state index in [1.165, 1.54) is 0 Å². The third kappa shape index (κ3) is 4.44. The van der Waals surface area contributed by atoms with Crippen molar-refractivity contribution in [2.45, 2.75) is 25.7 Å². The lowest BCUT2D eigenvalue weighted by Crippen LogP contribution is -2.45. The Morgan fingerprint density at radius 1 is 0.964 bits per heavy atom. The average Bonchev–Trinajstić information content (AvgIpc) is 3.54. The predicted molar refractivity (Wildman–Crippen MR) is 112 cm³/mol. The van der Waals surface area contributed by atoms with Crippen LogP contribution in [0.25, 0.3) is 0 Å². The molecular weight excluding hydrogens is 376 g/mol. The quantitative estimate of drug-likeness (QED) is 0.838. The predicted octanol–water partition coefficient (Wildman–Crippen LogP) is 2.68. The summed E-state index contributed by atoms with van der Waals surface area (Å²) in [6.07, 6.45) is 3.52. The normalized spacial score (nSPS) is 21.6. The highest BCUT2D eigenvalue weighted by Gasteiger charge is 2.36. The number of halogens is 1. The molecule has 0 radical (unpaired) electrons. The number of likely N-dealkylation sites (tertiary alicyclic amines) is 1. The number of nitrogens with one attached hydrogen (secondary N) is 1. The summed E-state index contributed by atoms with van der Waals surface area (Å²) in [4.78, 5) is 31.7. The van der Waals surface area contributed by atoms with Crippen molar-refractivity contribution in [1.29, 1.82) is 0 Å². The Morgan fingerprint density at radius 3 is 2.29 bits per heavy atom. The van der Waals surface area contributed by atoms with Crippen molar-refractivity contribution in [2.75, 3.05) is 56.5 Å². The molecule has 0 bridgehead atoms. The molecule has 1 N–H and O–H groups in total. The molecule has 2 aliphatic heterocycles. The summed E-state index contributed by atoms with van der Waals surface area (Å²) in [6, 6.07) is 5.73. The van der Waals surface area contributed by atoms with Crippen molar-refractivity contribution in [3.63, 3.8) is 0 Å². The molecule has 1 aromatic rings. The number of hydrogen-bond acceptors (Lipinski definition) is 4. The van der Waals surface area contributed by atoms with Gasteiger partial charge in [0.25, 0.3) is 0 Å². The lowest BCUT2D eigenvalue weighted by Gasteiger charge is -2.35. The first-order chi connectivity index (χ1) is 13.5. The molecule has 28 heavy (non-hydrogen) atoms. The minimum absolute atomic E-state index is 0.0381. The van der Waals surface area contributed by atoms with E-state index in [0.29, 0.717) is 18.1 Å². The highest BCUT2D eigenvalue weighted by atomic mass is 35.5. The van der Waals surface area contributed by atoms with Crippen LogP contribution in [0.4, 0.5) is 11.4 Å². The number of carbonyl (C=O) groups excluding carboxylic acids is 2. The maximum absolute atomic E-state index is 12.9. The molecule has 0 spiro atoms. The molecule has 1 aromatic carbocycles. The molecule has 2 saturated heterocycles. The van der Waals surface area contributed by atoms with Crippen LogP contribution in [0.2, 0.25) is 5.02 Å². The minimum atomic E-state index is -0.0532. The molecule has 2 heterocycles. The fraction of sp³-hybridized carbons (Fsp3) is 0.619. The summed E-state index contributed by atoms with van der Waals surface area (Å²) in [6.45, 7) is 5.25. The molecule has 0 unspecified atom stereocenters. The number of amides is 2. The van der Waals surface area contributed by atoms with Gasteiger partial charge in [-0.2, -0.15) is 0 Å². The largest absolute Gasteiger partial charge is 0.367 e. The van der Waals surface area contributed by atoms with Crippen molar-refractivity contribution in [2.24, 2.45) is 11.8 Å². The smallest absolute Gasteiger partial charge is 0.227 e. The second-order valence-electron chi connectivity index (χ2n) is 8.31. The van der Waals surface area contributed by atoms with E-state index in [4.69, 9.17) is 11.6 Å². The van der Waals surface area contributed by atoms with Crippen LogP contribution in [0.1, 0.15) is 25.7 Å². The zero-order chi connectivity index (χ0) is 19.7. The van der Waals surface area contributed by atoms with Gasteiger partial charge in [0.1, 0.15) is 0 Å². The molecular formula is C21H29ClN4O2. The van der Waals surface area contributed by atoms with Gasteiger partial charge in [0.15, 0.2) is 0 Å². The molecule has 4 rings (SSSR count). The summed E-state index contributed by atoms with van der Waals surface area (Å²) in [7, 11) is 2.13. The molecule has 6 nitrogen and oxygen atoms in total. The van der Waals surface area contributed by atoms with Gasteiger partial charge in [0, 0.05) is 56.1 Å². The monoisotopic (exact) mass is 404 g/mol. The Balaban J connectivity index is 1.39. The van der Waals surface area contributed by atoms with Crippen LogP contribution >= 0.6 is 11.6 Å². The topological polar surface area (TPSA) is 55.9 Å². The maximum Gasteiger partial charge on any atom is 0.227 e. The molecule has 0 aromatic heterocycles. The fourth-order valence-electron chi connectivity index (χ4n) is 4.12. The molecule has 0 atom stereocenters. The van der Waals surface area contributed by atoms with Gasteiger partial charge in [-0.3, -0.25) is 9.59 Å². The summed E-state index contributed by atoms with van der Waals surface area (Å²) in [5.74, 6) is 0.521. The van der Waals surface area contributed by atoms with Crippen molar-refractivity contribution < 1.29 is 9.59 Å². The number of hydrogen-bond donors (Lipinski definition) is 1. The summed E-state index contributed by atoms with van der Waals surface area (Å²) in [5, 5.41) is 3.75. The van der Waals surface area contributed by atoms with E-state index in [1.807, 2.05) is 23.1 Å². The van der Waals surface area contributed by atoms with E-state index in [1.54, 1.807) is 0 Å². The number of rotatable bonds is 4. The van der Waals surface area contributed by atoms with Gasteiger partial charge >= 0.3 is 0 Å². The highest BCUT2D eigenvalue weighted by molar-refractivity contribution is 6.31. The van der Waals surface area contributed by atoms with E-state index in [9.17, 15) is 9.59 Å². The van der Waals surface area contributed by atoms with Crippen LogP contribution in [0, 0.1) is 11.8 Å². The zero-order valence-corrected chi connectivity index (χ0v) is 17.2. The molecule has 7 heteroatoms. The molecule has 1 saturated carbocycles. The van der Waals surface area contributed by atoms with Crippen LogP contribution < -0.4 is 10.2 Å². The highest BCUT2D eigenvalue weighted by Crippen LogP contribution is 2.34. The second-order valence-corrected chi connectivity index (χ2v) is 8.75. The van der Waals surface area contributed by atoms with E-state index in [0.717, 1.165) is 63.2 Å². The fourth-order valence-corrected chi connectivity index (χ4v) is 4.29. The Morgan fingerprint density at radius 2 is 1.64 bits per heavy atom. The van der Waals surface area contributed by atoms with Crippen LogP contribution in [0.5, 0.6) is 0 Å². The Kier molecular flexibility index (Phi) is 5.78. The van der Waals surface area contributed by atoms with E-state index < -0.39 is 0 Å². The number of carbonyl (C=O) groups is 2. The number of nitrogens with zero attached hydrogens (tertiary/aromatic N) is 3. The number of likely N-dealkylation sites (N-methyl/N-ethyl adjacent to an activating group) is 1.